The standard InChI is InChI=1S/C14H20BrN3S/c1-17(2)10-5-4-8-18(9-10)12-7-3-6-11(15)13(12)14(16)19/h3,6-7,10H,4-5,8-9H2,1-2H3,(H2,16,19). The fourth-order valence-corrected chi connectivity index (χ4v) is 3.53. The minimum atomic E-state index is 0.453. The molecule has 2 rings (SSSR count). The zero-order chi connectivity index (χ0) is 14.0. The first-order valence-electron chi connectivity index (χ1n) is 6.50. The molecule has 0 spiro atoms. The van der Waals surface area contributed by atoms with Gasteiger partial charge in [-0.3, -0.25) is 0 Å². The van der Waals surface area contributed by atoms with E-state index in [0.717, 1.165) is 28.8 Å². The van der Waals surface area contributed by atoms with Gasteiger partial charge in [0.2, 0.25) is 0 Å². The van der Waals surface area contributed by atoms with E-state index < -0.39 is 0 Å². The van der Waals surface area contributed by atoms with Crippen LogP contribution in [0.15, 0.2) is 22.7 Å². The van der Waals surface area contributed by atoms with Crippen molar-refractivity contribution in [1.82, 2.24) is 4.90 Å². The summed E-state index contributed by atoms with van der Waals surface area (Å²) in [5.74, 6) is 0. The predicted molar refractivity (Wildman–Crippen MR) is 89.0 cm³/mol. The van der Waals surface area contributed by atoms with Crippen molar-refractivity contribution < 1.29 is 0 Å². The first-order valence-corrected chi connectivity index (χ1v) is 7.70. The number of hydrogen-bond donors (Lipinski definition) is 1. The molecular weight excluding hydrogens is 322 g/mol. The van der Waals surface area contributed by atoms with Crippen molar-refractivity contribution in [2.45, 2.75) is 18.9 Å². The average molecular weight is 342 g/mol. The molecular formula is C14H20BrN3S. The van der Waals surface area contributed by atoms with Crippen molar-refractivity contribution in [1.29, 1.82) is 0 Å². The van der Waals surface area contributed by atoms with Gasteiger partial charge < -0.3 is 15.5 Å². The van der Waals surface area contributed by atoms with Crippen LogP contribution in [0.2, 0.25) is 0 Å². The first kappa shape index (κ1) is 14.8. The average Bonchev–Trinajstić information content (AvgIpc) is 2.38. The molecule has 1 saturated heterocycles. The van der Waals surface area contributed by atoms with Gasteiger partial charge in [0.15, 0.2) is 0 Å². The van der Waals surface area contributed by atoms with E-state index in [-0.39, 0.29) is 0 Å². The van der Waals surface area contributed by atoms with Gasteiger partial charge in [0.05, 0.1) is 0 Å². The van der Waals surface area contributed by atoms with Crippen LogP contribution in [-0.2, 0) is 0 Å². The van der Waals surface area contributed by atoms with E-state index in [0.29, 0.717) is 11.0 Å². The molecule has 19 heavy (non-hydrogen) atoms. The topological polar surface area (TPSA) is 32.5 Å². The molecule has 104 valence electrons. The van der Waals surface area contributed by atoms with Crippen LogP contribution in [0.1, 0.15) is 18.4 Å². The number of rotatable bonds is 3. The summed E-state index contributed by atoms with van der Waals surface area (Å²) in [4.78, 5) is 5.15. The van der Waals surface area contributed by atoms with Gasteiger partial charge in [-0.05, 0) is 55.0 Å². The third-order valence-electron chi connectivity index (χ3n) is 3.71. The Labute approximate surface area is 128 Å². The molecule has 1 atom stereocenters. The quantitative estimate of drug-likeness (QED) is 0.856. The van der Waals surface area contributed by atoms with Gasteiger partial charge in [0, 0.05) is 34.9 Å². The summed E-state index contributed by atoms with van der Waals surface area (Å²) in [6.45, 7) is 2.09. The lowest BCUT2D eigenvalue weighted by Gasteiger charge is -2.38. The number of benzene rings is 1. The smallest absolute Gasteiger partial charge is 0.107 e. The predicted octanol–water partition coefficient (Wildman–Crippen LogP) is 2.61. The molecule has 5 heteroatoms. The number of piperidine rings is 1. The van der Waals surface area contributed by atoms with Crippen LogP contribution in [0, 0.1) is 0 Å². The molecule has 1 aromatic carbocycles. The second kappa shape index (κ2) is 6.20. The van der Waals surface area contributed by atoms with Gasteiger partial charge in [-0.1, -0.05) is 18.3 Å². The maximum Gasteiger partial charge on any atom is 0.107 e. The van der Waals surface area contributed by atoms with Crippen LogP contribution >= 0.6 is 28.1 Å². The molecule has 2 N–H and O–H groups in total. The molecule has 0 saturated carbocycles. The summed E-state index contributed by atoms with van der Waals surface area (Å²) in [5, 5.41) is 0. The van der Waals surface area contributed by atoms with Crippen LogP contribution in [0.4, 0.5) is 5.69 Å². The lowest BCUT2D eigenvalue weighted by atomic mass is 10.0. The van der Waals surface area contributed by atoms with E-state index in [9.17, 15) is 0 Å². The normalized spacial score (nSPS) is 19.8. The molecule has 0 bridgehead atoms. The SMILES string of the molecule is CN(C)C1CCCN(c2cccc(Br)c2C(N)=S)C1. The summed E-state index contributed by atoms with van der Waals surface area (Å²) >= 11 is 8.75. The lowest BCUT2D eigenvalue weighted by Crippen LogP contribution is -2.45. The van der Waals surface area contributed by atoms with E-state index in [4.69, 9.17) is 18.0 Å². The van der Waals surface area contributed by atoms with Crippen molar-refractivity contribution in [2.24, 2.45) is 5.73 Å². The summed E-state index contributed by atoms with van der Waals surface area (Å²) < 4.78 is 0.976. The molecule has 0 amide bonds. The number of halogens is 1. The largest absolute Gasteiger partial charge is 0.389 e. The molecule has 0 radical (unpaired) electrons. The van der Waals surface area contributed by atoms with E-state index in [1.807, 2.05) is 12.1 Å². The summed E-state index contributed by atoms with van der Waals surface area (Å²) in [5.41, 5.74) is 7.98. The lowest BCUT2D eigenvalue weighted by molar-refractivity contribution is 0.258. The van der Waals surface area contributed by atoms with Gasteiger partial charge in [-0.25, -0.2) is 0 Å². The number of anilines is 1. The van der Waals surface area contributed by atoms with Crippen LogP contribution in [0.5, 0.6) is 0 Å². The van der Waals surface area contributed by atoms with Crippen LogP contribution in [-0.4, -0.2) is 43.1 Å². The number of hydrogen-bond acceptors (Lipinski definition) is 3. The molecule has 1 unspecified atom stereocenters. The van der Waals surface area contributed by atoms with E-state index in [1.165, 1.54) is 12.8 Å². The molecule has 0 aliphatic carbocycles. The fourth-order valence-electron chi connectivity index (χ4n) is 2.62. The van der Waals surface area contributed by atoms with Gasteiger partial charge in [-0.2, -0.15) is 0 Å². The highest BCUT2D eigenvalue weighted by Crippen LogP contribution is 2.30. The highest BCUT2D eigenvalue weighted by molar-refractivity contribution is 9.10. The Bertz CT molecular complexity index is 476. The van der Waals surface area contributed by atoms with Crippen molar-refractivity contribution in [3.63, 3.8) is 0 Å². The van der Waals surface area contributed by atoms with Crippen molar-refractivity contribution in [2.75, 3.05) is 32.1 Å². The number of nitrogens with two attached hydrogens (primary N) is 1. The molecule has 1 fully saturated rings. The minimum absolute atomic E-state index is 0.453. The summed E-state index contributed by atoms with van der Waals surface area (Å²) in [6, 6.07) is 6.73. The van der Waals surface area contributed by atoms with Gasteiger partial charge in [0.1, 0.15) is 4.99 Å². The zero-order valence-corrected chi connectivity index (χ0v) is 13.8. The summed E-state index contributed by atoms with van der Waals surface area (Å²) in [6.07, 6.45) is 2.45. The Morgan fingerprint density at radius 1 is 1.47 bits per heavy atom. The van der Waals surface area contributed by atoms with Crippen LogP contribution in [0.25, 0.3) is 0 Å². The minimum Gasteiger partial charge on any atom is -0.389 e. The van der Waals surface area contributed by atoms with Gasteiger partial charge in [-0.15, -0.1) is 0 Å². The Hall–Kier alpha value is -0.650. The van der Waals surface area contributed by atoms with E-state index in [1.54, 1.807) is 0 Å². The summed E-state index contributed by atoms with van der Waals surface area (Å²) in [7, 11) is 4.28. The van der Waals surface area contributed by atoms with Gasteiger partial charge >= 0.3 is 0 Å². The molecule has 0 aromatic heterocycles. The van der Waals surface area contributed by atoms with Crippen molar-refractivity contribution in [3.8, 4) is 0 Å². The number of nitrogens with zero attached hydrogens (tertiary/aromatic N) is 2. The van der Waals surface area contributed by atoms with Crippen molar-refractivity contribution >= 4 is 38.8 Å². The Balaban J connectivity index is 2.31. The van der Waals surface area contributed by atoms with E-state index >= 15 is 0 Å². The van der Waals surface area contributed by atoms with Gasteiger partial charge in [0.25, 0.3) is 0 Å². The molecule has 3 nitrogen and oxygen atoms in total. The van der Waals surface area contributed by atoms with E-state index in [2.05, 4.69) is 45.9 Å². The second-order valence-electron chi connectivity index (χ2n) is 5.20. The van der Waals surface area contributed by atoms with Crippen molar-refractivity contribution in [3.05, 3.63) is 28.2 Å². The molecule has 1 aliphatic rings. The molecule has 1 aliphatic heterocycles. The molecule has 1 heterocycles. The fraction of sp³-hybridized carbons (Fsp3) is 0.500. The highest BCUT2D eigenvalue weighted by atomic mass is 79.9. The first-order chi connectivity index (χ1) is 9.00. The third-order valence-corrected chi connectivity index (χ3v) is 4.57. The monoisotopic (exact) mass is 341 g/mol. The number of likely N-dealkylation sites (N-methyl/N-ethyl adjacent to an activating group) is 1. The second-order valence-corrected chi connectivity index (χ2v) is 6.50. The third kappa shape index (κ3) is 3.27. The van der Waals surface area contributed by atoms with Crippen LogP contribution < -0.4 is 10.6 Å². The van der Waals surface area contributed by atoms with Crippen LogP contribution in [0.3, 0.4) is 0 Å². The molecule has 1 aromatic rings. The Kier molecular flexibility index (Phi) is 4.81. The zero-order valence-electron chi connectivity index (χ0n) is 11.4. The Morgan fingerprint density at radius 3 is 2.84 bits per heavy atom. The number of thiocarbonyl (C=S) groups is 1. The Morgan fingerprint density at radius 2 is 2.21 bits per heavy atom. The maximum atomic E-state index is 5.88. The highest BCUT2D eigenvalue weighted by Gasteiger charge is 2.24. The maximum absolute atomic E-state index is 5.88.